The molecule has 1 N–H and O–H groups in total. The first-order valence-corrected chi connectivity index (χ1v) is 5.44. The van der Waals surface area contributed by atoms with E-state index in [0.717, 1.165) is 4.90 Å². The van der Waals surface area contributed by atoms with Gasteiger partial charge in [0.1, 0.15) is 11.6 Å². The third-order valence-corrected chi connectivity index (χ3v) is 3.14. The second-order valence-corrected chi connectivity index (χ2v) is 4.27. The Morgan fingerprint density at radius 2 is 2.17 bits per heavy atom. The predicted molar refractivity (Wildman–Crippen MR) is 62.3 cm³/mol. The molecule has 0 aromatic carbocycles. The fraction of sp³-hybridized carbons (Fsp3) is 0.333. The van der Waals surface area contributed by atoms with Gasteiger partial charge in [-0.05, 0) is 11.6 Å². The van der Waals surface area contributed by atoms with Gasteiger partial charge >= 0.3 is 17.9 Å². The van der Waals surface area contributed by atoms with Crippen LogP contribution in [0.4, 0.5) is 4.79 Å². The van der Waals surface area contributed by atoms with Crippen molar-refractivity contribution in [3.8, 4) is 0 Å². The number of allylic oxidation sites excluding steroid dienone is 3. The van der Waals surface area contributed by atoms with E-state index in [1.165, 1.54) is 11.6 Å². The van der Waals surface area contributed by atoms with E-state index in [4.69, 9.17) is 5.11 Å². The number of carboxylic acid groups (broad SMARTS) is 1. The summed E-state index contributed by atoms with van der Waals surface area (Å²) in [6.45, 7) is 0. The van der Waals surface area contributed by atoms with Gasteiger partial charge in [0.2, 0.25) is 0 Å². The predicted octanol–water partition coefficient (Wildman–Crippen LogP) is 0.249. The van der Waals surface area contributed by atoms with E-state index in [-0.39, 0.29) is 12.3 Å². The summed E-state index contributed by atoms with van der Waals surface area (Å²) in [7, 11) is 2.97. The molecule has 6 nitrogen and oxygen atoms in total. The molecular weight excluding hydrogens is 236 g/mol. The summed E-state index contributed by atoms with van der Waals surface area (Å²) in [6, 6.07) is -0.410. The van der Waals surface area contributed by atoms with Crippen molar-refractivity contribution in [2.45, 2.75) is 6.42 Å². The van der Waals surface area contributed by atoms with Gasteiger partial charge in [0, 0.05) is 0 Å². The number of carbonyl (C=O) groups is 3. The quantitative estimate of drug-likeness (QED) is 0.711. The number of fused-ring (bicyclic) bond motifs is 1. The Morgan fingerprint density at radius 3 is 2.78 bits per heavy atom. The number of nitrogens with zero attached hydrogens (tertiary/aromatic N) is 2. The van der Waals surface area contributed by atoms with E-state index in [9.17, 15) is 14.4 Å². The van der Waals surface area contributed by atoms with Gasteiger partial charge in [0.05, 0.1) is 20.5 Å². The SMILES string of the molecule is CN1C(=O)C2C(CC(=O)O)=CC=CC2=[N+](C)C1=O. The second kappa shape index (κ2) is 4.21. The zero-order valence-corrected chi connectivity index (χ0v) is 10.1. The van der Waals surface area contributed by atoms with Crippen molar-refractivity contribution >= 4 is 23.6 Å². The molecule has 2 aliphatic rings. The fourth-order valence-corrected chi connectivity index (χ4v) is 2.20. The van der Waals surface area contributed by atoms with Gasteiger partial charge in [-0.2, -0.15) is 14.3 Å². The van der Waals surface area contributed by atoms with E-state index < -0.39 is 17.9 Å². The number of carbonyl (C=O) groups excluding carboxylic acids is 2. The molecule has 1 aliphatic carbocycles. The second-order valence-electron chi connectivity index (χ2n) is 4.27. The molecule has 18 heavy (non-hydrogen) atoms. The Labute approximate surface area is 104 Å². The highest BCUT2D eigenvalue weighted by molar-refractivity contribution is 6.17. The van der Waals surface area contributed by atoms with Gasteiger partial charge in [-0.1, -0.05) is 12.2 Å². The van der Waals surface area contributed by atoms with E-state index in [2.05, 4.69) is 0 Å². The van der Waals surface area contributed by atoms with Crippen LogP contribution in [-0.2, 0) is 9.59 Å². The van der Waals surface area contributed by atoms with Crippen LogP contribution in [0.3, 0.4) is 0 Å². The molecule has 3 amide bonds. The van der Waals surface area contributed by atoms with Crippen molar-refractivity contribution in [1.82, 2.24) is 4.90 Å². The molecule has 0 saturated carbocycles. The molecule has 2 rings (SSSR count). The fourth-order valence-electron chi connectivity index (χ4n) is 2.20. The lowest BCUT2D eigenvalue weighted by Gasteiger charge is -2.26. The first-order valence-electron chi connectivity index (χ1n) is 5.44. The molecule has 0 saturated heterocycles. The number of rotatable bonds is 2. The average Bonchev–Trinajstić information content (AvgIpc) is 2.32. The Bertz CT molecular complexity index is 542. The highest BCUT2D eigenvalue weighted by Gasteiger charge is 2.46. The van der Waals surface area contributed by atoms with E-state index in [1.54, 1.807) is 25.3 Å². The van der Waals surface area contributed by atoms with Crippen LogP contribution < -0.4 is 0 Å². The normalized spacial score (nSPS) is 23.1. The first kappa shape index (κ1) is 12.2. The Balaban J connectivity index is 2.50. The minimum absolute atomic E-state index is 0.208. The number of hydrogen-bond donors (Lipinski definition) is 1. The monoisotopic (exact) mass is 249 g/mol. The minimum Gasteiger partial charge on any atom is -0.481 e. The molecule has 6 heteroatoms. The highest BCUT2D eigenvalue weighted by atomic mass is 16.4. The summed E-state index contributed by atoms with van der Waals surface area (Å²) in [5, 5.41) is 8.85. The molecule has 1 heterocycles. The van der Waals surface area contributed by atoms with E-state index in [1.807, 2.05) is 0 Å². The number of urea groups is 1. The number of amides is 3. The third kappa shape index (κ3) is 1.75. The summed E-state index contributed by atoms with van der Waals surface area (Å²) in [5.41, 5.74) is 1.03. The molecule has 0 aromatic heterocycles. The molecule has 0 spiro atoms. The van der Waals surface area contributed by atoms with Crippen LogP contribution in [0, 0.1) is 5.92 Å². The number of imide groups is 1. The van der Waals surface area contributed by atoms with Crippen LogP contribution in [0.2, 0.25) is 0 Å². The van der Waals surface area contributed by atoms with Crippen LogP contribution in [-0.4, -0.2) is 52.3 Å². The molecule has 1 aliphatic heterocycles. The summed E-state index contributed by atoms with van der Waals surface area (Å²) >= 11 is 0. The molecule has 0 radical (unpaired) electrons. The standard InChI is InChI=1S/C12H12N2O4/c1-13-8-5-3-4-7(6-9(15)16)10(8)11(17)14(2)12(13)18/h3-5,10H,6H2,1-2H3/p+1. The molecule has 94 valence electrons. The molecule has 0 aromatic rings. The summed E-state index contributed by atoms with van der Waals surface area (Å²) in [5.74, 6) is -2.05. The molecule has 0 fully saturated rings. The van der Waals surface area contributed by atoms with Gasteiger partial charge in [0.15, 0.2) is 0 Å². The van der Waals surface area contributed by atoms with Crippen LogP contribution >= 0.6 is 0 Å². The highest BCUT2D eigenvalue weighted by Crippen LogP contribution is 2.26. The van der Waals surface area contributed by atoms with Crippen molar-refractivity contribution < 1.29 is 24.1 Å². The van der Waals surface area contributed by atoms with Gasteiger partial charge in [-0.25, -0.2) is 4.79 Å². The maximum Gasteiger partial charge on any atom is 0.500 e. The topological polar surface area (TPSA) is 77.7 Å². The first-order chi connectivity index (χ1) is 8.43. The Hall–Kier alpha value is -2.24. The van der Waals surface area contributed by atoms with Crippen LogP contribution in [0.25, 0.3) is 0 Å². The van der Waals surface area contributed by atoms with Crippen molar-refractivity contribution in [2.75, 3.05) is 14.1 Å². The summed E-state index contributed by atoms with van der Waals surface area (Å²) < 4.78 is 1.37. The van der Waals surface area contributed by atoms with Gasteiger partial charge in [-0.3, -0.25) is 4.79 Å². The summed E-state index contributed by atoms with van der Waals surface area (Å²) in [4.78, 5) is 35.7. The van der Waals surface area contributed by atoms with Crippen molar-refractivity contribution in [3.05, 3.63) is 23.8 Å². The lowest BCUT2D eigenvalue weighted by atomic mass is 9.85. The summed E-state index contributed by atoms with van der Waals surface area (Å²) in [6.07, 6.45) is 4.74. The average molecular weight is 249 g/mol. The minimum atomic E-state index is -0.995. The number of hydrogen-bond acceptors (Lipinski definition) is 3. The van der Waals surface area contributed by atoms with Crippen molar-refractivity contribution in [2.24, 2.45) is 5.92 Å². The van der Waals surface area contributed by atoms with Gasteiger partial charge in [0.25, 0.3) is 0 Å². The number of carboxylic acids is 1. The van der Waals surface area contributed by atoms with E-state index >= 15 is 0 Å². The largest absolute Gasteiger partial charge is 0.500 e. The van der Waals surface area contributed by atoms with Gasteiger partial charge < -0.3 is 5.11 Å². The molecule has 0 bridgehead atoms. The van der Waals surface area contributed by atoms with Crippen LogP contribution in [0.1, 0.15) is 6.42 Å². The smallest absolute Gasteiger partial charge is 0.481 e. The van der Waals surface area contributed by atoms with Crippen LogP contribution in [0.5, 0.6) is 0 Å². The van der Waals surface area contributed by atoms with Crippen molar-refractivity contribution in [3.63, 3.8) is 0 Å². The molecule has 1 atom stereocenters. The maximum absolute atomic E-state index is 12.1. The zero-order chi connectivity index (χ0) is 13.4. The Morgan fingerprint density at radius 1 is 1.50 bits per heavy atom. The molecular formula is C12H13N2O4+. The zero-order valence-electron chi connectivity index (χ0n) is 10.1. The Kier molecular flexibility index (Phi) is 2.86. The van der Waals surface area contributed by atoms with E-state index in [0.29, 0.717) is 11.3 Å². The third-order valence-electron chi connectivity index (χ3n) is 3.14. The lowest BCUT2D eigenvalue weighted by molar-refractivity contribution is -0.405. The number of aliphatic carboxylic acids is 1. The maximum atomic E-state index is 12.1. The molecule has 1 unspecified atom stereocenters. The van der Waals surface area contributed by atoms with Gasteiger partial charge in [-0.15, -0.1) is 0 Å². The lowest BCUT2D eigenvalue weighted by Crippen LogP contribution is -2.52. The van der Waals surface area contributed by atoms with Crippen molar-refractivity contribution in [1.29, 1.82) is 0 Å². The van der Waals surface area contributed by atoms with Crippen LogP contribution in [0.15, 0.2) is 23.8 Å².